The molecule has 1 amide bonds. The maximum absolute atomic E-state index is 11.8. The van der Waals surface area contributed by atoms with Gasteiger partial charge in [0.1, 0.15) is 0 Å². The molecule has 5 heteroatoms. The smallest absolute Gasteiger partial charge is 0.236 e. The summed E-state index contributed by atoms with van der Waals surface area (Å²) in [6.07, 6.45) is 2.76. The molecule has 2 bridgehead atoms. The Kier molecular flexibility index (Phi) is 4.15. The molecule has 1 N–H and O–H groups in total. The lowest BCUT2D eigenvalue weighted by molar-refractivity contribution is -0.138. The Bertz CT molecular complexity index is 235. The molecule has 0 spiro atoms. The number of hydrogen-bond acceptors (Lipinski definition) is 4. The van der Waals surface area contributed by atoms with E-state index in [1.165, 1.54) is 0 Å². The minimum atomic E-state index is 0.177. The number of rotatable bonds is 5. The van der Waals surface area contributed by atoms with Gasteiger partial charge in [-0.25, -0.2) is 0 Å². The Hall–Kier alpha value is -0.650. The minimum Gasteiger partial charge on any atom is -0.383 e. The van der Waals surface area contributed by atoms with Crippen molar-refractivity contribution < 1.29 is 14.3 Å². The third-order valence-electron chi connectivity index (χ3n) is 3.16. The van der Waals surface area contributed by atoms with E-state index in [1.54, 1.807) is 7.11 Å². The lowest BCUT2D eigenvalue weighted by atomic mass is 10.2. The van der Waals surface area contributed by atoms with E-state index in [0.29, 0.717) is 13.2 Å². The quantitative estimate of drug-likeness (QED) is 0.651. The fourth-order valence-electron chi connectivity index (χ4n) is 2.30. The molecule has 2 unspecified atom stereocenters. The monoisotopic (exact) mass is 228 g/mol. The van der Waals surface area contributed by atoms with Crippen LogP contribution in [-0.2, 0) is 14.3 Å². The van der Waals surface area contributed by atoms with Crippen molar-refractivity contribution in [3.63, 3.8) is 0 Å². The van der Waals surface area contributed by atoms with Crippen LogP contribution in [0.15, 0.2) is 0 Å². The summed E-state index contributed by atoms with van der Waals surface area (Å²) in [5.41, 5.74) is 0. The van der Waals surface area contributed by atoms with Crippen molar-refractivity contribution in [1.29, 1.82) is 0 Å². The molecule has 0 aromatic heterocycles. The molecule has 0 aliphatic carbocycles. The summed E-state index contributed by atoms with van der Waals surface area (Å²) in [5.74, 6) is 0.177. The Morgan fingerprint density at radius 3 is 2.75 bits per heavy atom. The van der Waals surface area contributed by atoms with Gasteiger partial charge in [-0.3, -0.25) is 4.79 Å². The second-order valence-corrected chi connectivity index (χ2v) is 4.43. The van der Waals surface area contributed by atoms with Crippen molar-refractivity contribution in [2.45, 2.75) is 25.0 Å². The molecule has 2 aliphatic rings. The van der Waals surface area contributed by atoms with E-state index >= 15 is 0 Å². The standard InChI is InChI=1S/C11H20N2O3/c1-15-5-4-12-6-11(14)13-7-9-2-3-10(8-13)16-9/h9-10,12H,2-8H2,1H3. The van der Waals surface area contributed by atoms with Gasteiger partial charge in [0.05, 0.1) is 25.4 Å². The van der Waals surface area contributed by atoms with Gasteiger partial charge in [0, 0.05) is 26.7 Å². The van der Waals surface area contributed by atoms with Crippen molar-refractivity contribution >= 4 is 5.91 Å². The predicted octanol–water partition coefficient (Wildman–Crippen LogP) is -0.388. The van der Waals surface area contributed by atoms with Crippen LogP contribution in [0.4, 0.5) is 0 Å². The highest BCUT2D eigenvalue weighted by Crippen LogP contribution is 2.25. The number of fused-ring (bicyclic) bond motifs is 2. The lowest BCUT2D eigenvalue weighted by Crippen LogP contribution is -2.48. The van der Waals surface area contributed by atoms with E-state index in [4.69, 9.17) is 9.47 Å². The SMILES string of the molecule is COCCNCC(=O)N1CC2CCC(C1)O2. The molecule has 92 valence electrons. The van der Waals surface area contributed by atoms with Gasteiger partial charge in [0.25, 0.3) is 0 Å². The average molecular weight is 228 g/mol. The molecule has 0 aromatic carbocycles. The minimum absolute atomic E-state index is 0.177. The van der Waals surface area contributed by atoms with E-state index in [1.807, 2.05) is 4.90 Å². The molecular formula is C11H20N2O3. The number of carbonyl (C=O) groups is 1. The van der Waals surface area contributed by atoms with Crippen LogP contribution in [0.25, 0.3) is 0 Å². The third kappa shape index (κ3) is 2.93. The number of nitrogens with zero attached hydrogens (tertiary/aromatic N) is 1. The highest BCUT2D eigenvalue weighted by Gasteiger charge is 2.35. The first-order valence-corrected chi connectivity index (χ1v) is 5.92. The zero-order chi connectivity index (χ0) is 11.4. The van der Waals surface area contributed by atoms with Gasteiger partial charge in [0.15, 0.2) is 0 Å². The molecule has 2 aliphatic heterocycles. The summed E-state index contributed by atoms with van der Waals surface area (Å²) in [5, 5.41) is 3.08. The highest BCUT2D eigenvalue weighted by molar-refractivity contribution is 5.78. The number of hydrogen-bond donors (Lipinski definition) is 1. The molecule has 2 heterocycles. The number of amides is 1. The van der Waals surface area contributed by atoms with Crippen molar-refractivity contribution in [2.75, 3.05) is 39.9 Å². The fourth-order valence-corrected chi connectivity index (χ4v) is 2.30. The number of likely N-dealkylation sites (tertiary alicyclic amines) is 1. The summed E-state index contributed by atoms with van der Waals surface area (Å²) in [6.45, 7) is 3.30. The van der Waals surface area contributed by atoms with E-state index in [-0.39, 0.29) is 18.1 Å². The van der Waals surface area contributed by atoms with Crippen molar-refractivity contribution in [3.8, 4) is 0 Å². The molecule has 2 rings (SSSR count). The molecule has 2 atom stereocenters. The average Bonchev–Trinajstić information content (AvgIpc) is 2.63. The van der Waals surface area contributed by atoms with Gasteiger partial charge in [-0.1, -0.05) is 0 Å². The summed E-state index contributed by atoms with van der Waals surface area (Å²) < 4.78 is 10.6. The number of morpholine rings is 1. The highest BCUT2D eigenvalue weighted by atomic mass is 16.5. The van der Waals surface area contributed by atoms with Crippen molar-refractivity contribution in [1.82, 2.24) is 10.2 Å². The zero-order valence-electron chi connectivity index (χ0n) is 9.78. The topological polar surface area (TPSA) is 50.8 Å². The summed E-state index contributed by atoms with van der Waals surface area (Å²) >= 11 is 0. The lowest BCUT2D eigenvalue weighted by Gasteiger charge is -2.32. The molecule has 5 nitrogen and oxygen atoms in total. The van der Waals surface area contributed by atoms with E-state index < -0.39 is 0 Å². The third-order valence-corrected chi connectivity index (χ3v) is 3.16. The van der Waals surface area contributed by atoms with Gasteiger partial charge in [-0.05, 0) is 12.8 Å². The normalized spacial score (nSPS) is 28.4. The van der Waals surface area contributed by atoms with E-state index in [9.17, 15) is 4.79 Å². The molecule has 0 radical (unpaired) electrons. The van der Waals surface area contributed by atoms with E-state index in [2.05, 4.69) is 5.32 Å². The molecular weight excluding hydrogens is 208 g/mol. The number of methoxy groups -OCH3 is 1. The molecule has 2 fully saturated rings. The summed E-state index contributed by atoms with van der Waals surface area (Å²) in [4.78, 5) is 13.8. The van der Waals surface area contributed by atoms with E-state index in [0.717, 1.165) is 32.5 Å². The van der Waals surface area contributed by atoms with Crippen LogP contribution in [-0.4, -0.2) is 62.9 Å². The van der Waals surface area contributed by atoms with Crippen LogP contribution in [0, 0.1) is 0 Å². The number of nitrogens with one attached hydrogen (secondary N) is 1. The first-order valence-electron chi connectivity index (χ1n) is 5.92. The van der Waals surface area contributed by atoms with Crippen LogP contribution in [0.1, 0.15) is 12.8 Å². The number of ether oxygens (including phenoxy) is 2. The van der Waals surface area contributed by atoms with Gasteiger partial charge < -0.3 is 19.7 Å². The van der Waals surface area contributed by atoms with Gasteiger partial charge in [0.2, 0.25) is 5.91 Å². The predicted molar refractivity (Wildman–Crippen MR) is 59.2 cm³/mol. The molecule has 2 saturated heterocycles. The first kappa shape index (κ1) is 11.8. The largest absolute Gasteiger partial charge is 0.383 e. The second kappa shape index (κ2) is 5.61. The van der Waals surface area contributed by atoms with Crippen molar-refractivity contribution in [3.05, 3.63) is 0 Å². The maximum Gasteiger partial charge on any atom is 0.236 e. The second-order valence-electron chi connectivity index (χ2n) is 4.43. The Balaban J connectivity index is 1.69. The van der Waals surface area contributed by atoms with Crippen LogP contribution >= 0.6 is 0 Å². The Morgan fingerprint density at radius 1 is 1.44 bits per heavy atom. The van der Waals surface area contributed by atoms with Crippen LogP contribution in [0.3, 0.4) is 0 Å². The summed E-state index contributed by atoms with van der Waals surface area (Å²) in [7, 11) is 1.66. The molecule has 0 saturated carbocycles. The Labute approximate surface area is 96.1 Å². The maximum atomic E-state index is 11.8. The van der Waals surface area contributed by atoms with Crippen LogP contribution < -0.4 is 5.32 Å². The van der Waals surface area contributed by atoms with Crippen LogP contribution in [0.5, 0.6) is 0 Å². The fraction of sp³-hybridized carbons (Fsp3) is 0.909. The molecule has 0 aromatic rings. The van der Waals surface area contributed by atoms with Gasteiger partial charge in [-0.2, -0.15) is 0 Å². The molecule has 16 heavy (non-hydrogen) atoms. The van der Waals surface area contributed by atoms with Gasteiger partial charge >= 0.3 is 0 Å². The number of carbonyl (C=O) groups excluding carboxylic acids is 1. The van der Waals surface area contributed by atoms with Crippen LogP contribution in [0.2, 0.25) is 0 Å². The first-order chi connectivity index (χ1) is 7.79. The Morgan fingerprint density at radius 2 is 2.12 bits per heavy atom. The zero-order valence-corrected chi connectivity index (χ0v) is 9.78. The van der Waals surface area contributed by atoms with Crippen molar-refractivity contribution in [2.24, 2.45) is 0 Å². The van der Waals surface area contributed by atoms with Gasteiger partial charge in [-0.15, -0.1) is 0 Å². The summed E-state index contributed by atoms with van der Waals surface area (Å²) in [6, 6.07) is 0.